The van der Waals surface area contributed by atoms with E-state index < -0.39 is 11.6 Å². The molecule has 180 valence electrons. The van der Waals surface area contributed by atoms with E-state index in [4.69, 9.17) is 9.47 Å². The second-order valence-electron chi connectivity index (χ2n) is 9.19. The highest BCUT2D eigenvalue weighted by atomic mass is 79.9. The Balaban J connectivity index is 2.27. The van der Waals surface area contributed by atoms with E-state index in [2.05, 4.69) is 21.2 Å². The van der Waals surface area contributed by atoms with Crippen molar-refractivity contribution in [1.82, 2.24) is 10.2 Å². The largest absolute Gasteiger partial charge is 0.497 e. The molecular formula is C26H35BrN2O4. The van der Waals surface area contributed by atoms with Gasteiger partial charge in [-0.05, 0) is 82.0 Å². The summed E-state index contributed by atoms with van der Waals surface area (Å²) in [6.07, 6.45) is 0.486. The number of hydrogen-bond donors (Lipinski definition) is 1. The van der Waals surface area contributed by atoms with Crippen LogP contribution in [0.1, 0.15) is 50.8 Å². The normalized spacial score (nSPS) is 12.1. The van der Waals surface area contributed by atoms with Crippen LogP contribution >= 0.6 is 15.9 Å². The second kappa shape index (κ2) is 11.5. The van der Waals surface area contributed by atoms with Gasteiger partial charge in [0.25, 0.3) is 5.91 Å². The van der Waals surface area contributed by atoms with Gasteiger partial charge in [-0.2, -0.15) is 0 Å². The van der Waals surface area contributed by atoms with E-state index in [1.165, 1.54) is 0 Å². The van der Waals surface area contributed by atoms with Gasteiger partial charge >= 0.3 is 0 Å². The van der Waals surface area contributed by atoms with Crippen LogP contribution < -0.4 is 14.8 Å². The molecule has 0 aliphatic heterocycles. The third kappa shape index (κ3) is 7.77. The molecule has 2 rings (SSSR count). The number of nitrogens with one attached hydrogen (secondary N) is 1. The lowest BCUT2D eigenvalue weighted by molar-refractivity contribution is -0.143. The summed E-state index contributed by atoms with van der Waals surface area (Å²) in [5.41, 5.74) is 2.57. The van der Waals surface area contributed by atoms with Gasteiger partial charge in [0.1, 0.15) is 17.5 Å². The quantitative estimate of drug-likeness (QED) is 0.496. The highest BCUT2D eigenvalue weighted by molar-refractivity contribution is 9.10. The zero-order chi connectivity index (χ0) is 24.8. The van der Waals surface area contributed by atoms with E-state index in [1.54, 1.807) is 12.0 Å². The number of benzene rings is 2. The molecule has 1 unspecified atom stereocenters. The highest BCUT2D eigenvalue weighted by Gasteiger charge is 2.31. The molecule has 2 amide bonds. The molecule has 0 aromatic heterocycles. The fourth-order valence-electron chi connectivity index (χ4n) is 3.52. The molecule has 0 saturated carbocycles. The lowest BCUT2D eigenvalue weighted by Crippen LogP contribution is -2.54. The smallest absolute Gasteiger partial charge is 0.261 e. The Kier molecular flexibility index (Phi) is 9.35. The van der Waals surface area contributed by atoms with Crippen molar-refractivity contribution < 1.29 is 19.1 Å². The number of methoxy groups -OCH3 is 1. The first-order valence-electron chi connectivity index (χ1n) is 11.1. The Labute approximate surface area is 205 Å². The average molecular weight is 519 g/mol. The Bertz CT molecular complexity index is 944. The maximum absolute atomic E-state index is 13.3. The summed E-state index contributed by atoms with van der Waals surface area (Å²) in [5, 5.41) is 3.01. The standard InChI is InChI=1S/C26H35BrN2O4/c1-8-22(25(31)28-26(4,5)6)29(15-19-9-11-20(32-7)12-10-19)23(30)16-33-21-13-17(2)24(27)18(3)14-21/h9-14,22H,8,15-16H2,1-7H3,(H,28,31). The predicted molar refractivity (Wildman–Crippen MR) is 135 cm³/mol. The molecule has 0 aliphatic rings. The third-order valence-electron chi connectivity index (χ3n) is 5.17. The fourth-order valence-corrected chi connectivity index (χ4v) is 3.75. The molecule has 33 heavy (non-hydrogen) atoms. The summed E-state index contributed by atoms with van der Waals surface area (Å²) in [5.74, 6) is 0.929. The summed E-state index contributed by atoms with van der Waals surface area (Å²) >= 11 is 3.55. The number of ether oxygens (including phenoxy) is 2. The van der Waals surface area contributed by atoms with Crippen LogP contribution in [0.2, 0.25) is 0 Å². The van der Waals surface area contributed by atoms with Gasteiger partial charge in [-0.1, -0.05) is 35.0 Å². The first-order valence-corrected chi connectivity index (χ1v) is 11.9. The van der Waals surface area contributed by atoms with Gasteiger partial charge in [-0.15, -0.1) is 0 Å². The summed E-state index contributed by atoms with van der Waals surface area (Å²) in [6, 6.07) is 10.7. The molecule has 2 aromatic carbocycles. The van der Waals surface area contributed by atoms with E-state index in [9.17, 15) is 9.59 Å². The molecule has 0 aliphatic carbocycles. The molecule has 0 fully saturated rings. The maximum atomic E-state index is 13.3. The second-order valence-corrected chi connectivity index (χ2v) is 9.99. The maximum Gasteiger partial charge on any atom is 0.261 e. The van der Waals surface area contributed by atoms with Crippen LogP contribution in [0.5, 0.6) is 11.5 Å². The van der Waals surface area contributed by atoms with Crippen LogP contribution in [-0.2, 0) is 16.1 Å². The zero-order valence-corrected chi connectivity index (χ0v) is 22.2. The Morgan fingerprint density at radius 1 is 1.06 bits per heavy atom. The Morgan fingerprint density at radius 3 is 2.12 bits per heavy atom. The number of aryl methyl sites for hydroxylation is 2. The van der Waals surface area contributed by atoms with E-state index in [0.717, 1.165) is 26.9 Å². The van der Waals surface area contributed by atoms with Crippen molar-refractivity contribution in [3.05, 3.63) is 57.6 Å². The molecule has 1 atom stereocenters. The molecule has 0 heterocycles. The van der Waals surface area contributed by atoms with Crippen molar-refractivity contribution in [2.75, 3.05) is 13.7 Å². The van der Waals surface area contributed by atoms with Gasteiger partial charge in [-0.3, -0.25) is 9.59 Å². The SMILES string of the molecule is CCC(C(=O)NC(C)(C)C)N(Cc1ccc(OC)cc1)C(=O)COc1cc(C)c(Br)c(C)c1. The van der Waals surface area contributed by atoms with Crippen LogP contribution in [0.15, 0.2) is 40.9 Å². The predicted octanol–water partition coefficient (Wildman–Crippen LogP) is 5.18. The molecule has 1 N–H and O–H groups in total. The van der Waals surface area contributed by atoms with Gasteiger partial charge in [-0.25, -0.2) is 0 Å². The van der Waals surface area contributed by atoms with E-state index in [-0.39, 0.29) is 18.4 Å². The highest BCUT2D eigenvalue weighted by Crippen LogP contribution is 2.26. The van der Waals surface area contributed by atoms with E-state index >= 15 is 0 Å². The Morgan fingerprint density at radius 2 is 1.64 bits per heavy atom. The minimum atomic E-state index is -0.615. The topological polar surface area (TPSA) is 67.9 Å². The molecule has 0 spiro atoms. The van der Waals surface area contributed by atoms with Crippen LogP contribution in [0.25, 0.3) is 0 Å². The van der Waals surface area contributed by atoms with Gasteiger partial charge in [0.05, 0.1) is 7.11 Å². The number of nitrogens with zero attached hydrogens (tertiary/aromatic N) is 1. The van der Waals surface area contributed by atoms with Gasteiger partial charge in [0.15, 0.2) is 6.61 Å². The lowest BCUT2D eigenvalue weighted by Gasteiger charge is -2.33. The number of halogens is 1. The number of amides is 2. The van der Waals surface area contributed by atoms with Crippen LogP contribution in [0.4, 0.5) is 0 Å². The molecule has 0 radical (unpaired) electrons. The fraction of sp³-hybridized carbons (Fsp3) is 0.462. The molecule has 0 saturated heterocycles. The summed E-state index contributed by atoms with van der Waals surface area (Å²) in [7, 11) is 1.61. The number of carbonyl (C=O) groups excluding carboxylic acids is 2. The van der Waals surface area contributed by atoms with Crippen molar-refractivity contribution in [2.45, 2.75) is 66.1 Å². The van der Waals surface area contributed by atoms with Gasteiger partial charge in [0.2, 0.25) is 5.91 Å². The summed E-state index contributed by atoms with van der Waals surface area (Å²) in [6.45, 7) is 11.8. The van der Waals surface area contributed by atoms with Gasteiger partial charge in [0, 0.05) is 16.6 Å². The molecular weight excluding hydrogens is 484 g/mol. The minimum Gasteiger partial charge on any atom is -0.497 e. The number of carbonyl (C=O) groups is 2. The first kappa shape index (κ1) is 26.7. The van der Waals surface area contributed by atoms with Crippen LogP contribution in [-0.4, -0.2) is 42.0 Å². The van der Waals surface area contributed by atoms with Crippen LogP contribution in [0.3, 0.4) is 0 Å². The molecule has 7 heteroatoms. The molecule has 6 nitrogen and oxygen atoms in total. The first-order chi connectivity index (χ1) is 15.4. The van der Waals surface area contributed by atoms with Crippen molar-refractivity contribution in [3.63, 3.8) is 0 Å². The van der Waals surface area contributed by atoms with Gasteiger partial charge < -0.3 is 19.7 Å². The minimum absolute atomic E-state index is 0.157. The monoisotopic (exact) mass is 518 g/mol. The zero-order valence-electron chi connectivity index (χ0n) is 20.6. The summed E-state index contributed by atoms with van der Waals surface area (Å²) < 4.78 is 12.1. The van der Waals surface area contributed by atoms with Crippen molar-refractivity contribution in [3.8, 4) is 11.5 Å². The lowest BCUT2D eigenvalue weighted by atomic mass is 10.1. The van der Waals surface area contributed by atoms with E-state index in [1.807, 2.05) is 77.9 Å². The molecule has 0 bridgehead atoms. The molecule has 2 aromatic rings. The summed E-state index contributed by atoms with van der Waals surface area (Å²) in [4.78, 5) is 28.0. The van der Waals surface area contributed by atoms with Crippen molar-refractivity contribution in [1.29, 1.82) is 0 Å². The number of rotatable bonds is 9. The average Bonchev–Trinajstić information content (AvgIpc) is 2.74. The van der Waals surface area contributed by atoms with E-state index in [0.29, 0.717) is 18.7 Å². The van der Waals surface area contributed by atoms with Crippen LogP contribution in [0, 0.1) is 13.8 Å². The Hall–Kier alpha value is -2.54. The number of hydrogen-bond acceptors (Lipinski definition) is 4. The van der Waals surface area contributed by atoms with Crippen molar-refractivity contribution >= 4 is 27.7 Å². The third-order valence-corrected chi connectivity index (χ3v) is 6.42. The van der Waals surface area contributed by atoms with Crippen molar-refractivity contribution in [2.24, 2.45) is 0 Å².